The molecule has 8 nitrogen and oxygen atoms in total. The summed E-state index contributed by atoms with van der Waals surface area (Å²) < 4.78 is 7.40. The van der Waals surface area contributed by atoms with Gasteiger partial charge in [-0.25, -0.2) is 9.97 Å². The number of carbonyl (C=O) groups is 1. The SMILES string of the molecule is COCCNC(=O)Cn1cc(Nc2ncnc3ccc(Br)cc23)cn1. The summed E-state index contributed by atoms with van der Waals surface area (Å²) in [4.78, 5) is 20.3. The van der Waals surface area contributed by atoms with Crippen LogP contribution in [0.1, 0.15) is 0 Å². The molecule has 2 N–H and O–H groups in total. The number of rotatable bonds is 7. The van der Waals surface area contributed by atoms with Gasteiger partial charge in [-0.05, 0) is 18.2 Å². The first-order valence-electron chi connectivity index (χ1n) is 7.61. The highest BCUT2D eigenvalue weighted by molar-refractivity contribution is 9.10. The molecule has 0 aliphatic rings. The van der Waals surface area contributed by atoms with E-state index in [1.807, 2.05) is 18.2 Å². The van der Waals surface area contributed by atoms with E-state index in [0.29, 0.717) is 19.0 Å². The first-order valence-corrected chi connectivity index (χ1v) is 8.40. The maximum absolute atomic E-state index is 11.8. The molecule has 2 aromatic heterocycles. The lowest BCUT2D eigenvalue weighted by molar-refractivity contribution is -0.122. The number of fused-ring (bicyclic) bond motifs is 1. The molecule has 0 atom stereocenters. The second-order valence-electron chi connectivity index (χ2n) is 5.28. The number of hydrogen-bond acceptors (Lipinski definition) is 6. The Morgan fingerprint density at radius 3 is 3.08 bits per heavy atom. The molecule has 0 bridgehead atoms. The predicted octanol–water partition coefficient (Wildman–Crippen LogP) is 2.09. The van der Waals surface area contributed by atoms with Crippen LogP contribution in [-0.2, 0) is 16.1 Å². The van der Waals surface area contributed by atoms with Gasteiger partial charge >= 0.3 is 0 Å². The molecule has 3 rings (SSSR count). The zero-order valence-electron chi connectivity index (χ0n) is 13.6. The summed E-state index contributed by atoms with van der Waals surface area (Å²) >= 11 is 3.46. The van der Waals surface area contributed by atoms with Crippen molar-refractivity contribution in [3.05, 3.63) is 41.4 Å². The van der Waals surface area contributed by atoms with Crippen LogP contribution in [0.3, 0.4) is 0 Å². The molecular formula is C16H17BrN6O2. The molecular weight excluding hydrogens is 388 g/mol. The average molecular weight is 405 g/mol. The number of nitrogens with zero attached hydrogens (tertiary/aromatic N) is 4. The van der Waals surface area contributed by atoms with E-state index in [-0.39, 0.29) is 12.5 Å². The van der Waals surface area contributed by atoms with Crippen LogP contribution in [0.4, 0.5) is 11.5 Å². The first kappa shape index (κ1) is 17.3. The molecule has 0 unspecified atom stereocenters. The number of carbonyl (C=O) groups excluding carboxylic acids is 1. The minimum atomic E-state index is -0.122. The van der Waals surface area contributed by atoms with Crippen LogP contribution in [0.2, 0.25) is 0 Å². The summed E-state index contributed by atoms with van der Waals surface area (Å²) in [6, 6.07) is 5.80. The highest BCUT2D eigenvalue weighted by Gasteiger charge is 2.08. The van der Waals surface area contributed by atoms with Crippen molar-refractivity contribution >= 4 is 44.2 Å². The Hall–Kier alpha value is -2.52. The molecule has 0 radical (unpaired) electrons. The Balaban J connectivity index is 1.69. The normalized spacial score (nSPS) is 10.8. The first-order chi connectivity index (χ1) is 12.2. The average Bonchev–Trinajstić information content (AvgIpc) is 3.02. The van der Waals surface area contributed by atoms with E-state index in [2.05, 4.69) is 41.6 Å². The molecule has 0 fully saturated rings. The minimum absolute atomic E-state index is 0.122. The van der Waals surface area contributed by atoms with E-state index >= 15 is 0 Å². The Bertz CT molecular complexity index is 882. The molecule has 0 aliphatic carbocycles. The predicted molar refractivity (Wildman–Crippen MR) is 97.6 cm³/mol. The molecule has 9 heteroatoms. The summed E-state index contributed by atoms with van der Waals surface area (Å²) in [7, 11) is 1.59. The number of hydrogen-bond donors (Lipinski definition) is 2. The number of benzene rings is 1. The van der Waals surface area contributed by atoms with E-state index < -0.39 is 0 Å². The highest BCUT2D eigenvalue weighted by atomic mass is 79.9. The van der Waals surface area contributed by atoms with Crippen LogP contribution in [0.5, 0.6) is 0 Å². The van der Waals surface area contributed by atoms with Gasteiger partial charge in [0.15, 0.2) is 0 Å². The molecule has 0 saturated heterocycles. The van der Waals surface area contributed by atoms with Crippen LogP contribution in [-0.4, -0.2) is 45.9 Å². The molecule has 3 aromatic rings. The number of halogens is 1. The van der Waals surface area contributed by atoms with Gasteiger partial charge in [-0.3, -0.25) is 9.48 Å². The molecule has 0 aliphatic heterocycles. The van der Waals surface area contributed by atoms with Crippen molar-refractivity contribution in [2.45, 2.75) is 6.54 Å². The second kappa shape index (κ2) is 8.04. The smallest absolute Gasteiger partial charge is 0.241 e. The Labute approximate surface area is 152 Å². The lowest BCUT2D eigenvalue weighted by Gasteiger charge is -2.06. The van der Waals surface area contributed by atoms with E-state index in [9.17, 15) is 4.79 Å². The van der Waals surface area contributed by atoms with E-state index in [1.165, 1.54) is 6.33 Å². The summed E-state index contributed by atoms with van der Waals surface area (Å²) in [6.45, 7) is 1.10. The summed E-state index contributed by atoms with van der Waals surface area (Å²) in [5.41, 5.74) is 1.58. The van der Waals surface area contributed by atoms with Gasteiger partial charge in [-0.2, -0.15) is 5.10 Å². The lowest BCUT2D eigenvalue weighted by atomic mass is 10.2. The number of nitrogens with one attached hydrogen (secondary N) is 2. The number of ether oxygens (including phenoxy) is 1. The zero-order valence-corrected chi connectivity index (χ0v) is 15.2. The van der Waals surface area contributed by atoms with Gasteiger partial charge in [-0.15, -0.1) is 0 Å². The molecule has 0 saturated carbocycles. The molecule has 2 heterocycles. The summed E-state index contributed by atoms with van der Waals surface area (Å²) in [5.74, 6) is 0.554. The van der Waals surface area contributed by atoms with E-state index in [1.54, 1.807) is 24.2 Å². The highest BCUT2D eigenvalue weighted by Crippen LogP contribution is 2.25. The monoisotopic (exact) mass is 404 g/mol. The molecule has 0 spiro atoms. The fraction of sp³-hybridized carbons (Fsp3) is 0.250. The van der Waals surface area contributed by atoms with Crippen LogP contribution in [0.15, 0.2) is 41.4 Å². The number of aromatic nitrogens is 4. The van der Waals surface area contributed by atoms with Crippen molar-refractivity contribution in [3.63, 3.8) is 0 Å². The van der Waals surface area contributed by atoms with Gasteiger partial charge in [0.25, 0.3) is 0 Å². The number of methoxy groups -OCH3 is 1. The maximum atomic E-state index is 11.8. The van der Waals surface area contributed by atoms with Crippen molar-refractivity contribution in [1.82, 2.24) is 25.1 Å². The summed E-state index contributed by atoms with van der Waals surface area (Å²) in [6.07, 6.45) is 4.91. The van der Waals surface area contributed by atoms with Crippen molar-refractivity contribution < 1.29 is 9.53 Å². The third-order valence-electron chi connectivity index (χ3n) is 3.43. The Kier molecular flexibility index (Phi) is 5.56. The van der Waals surface area contributed by atoms with Gasteiger partial charge in [0.2, 0.25) is 5.91 Å². The fourth-order valence-electron chi connectivity index (χ4n) is 2.28. The van der Waals surface area contributed by atoms with Gasteiger partial charge in [0, 0.05) is 29.7 Å². The third-order valence-corrected chi connectivity index (χ3v) is 3.92. The second-order valence-corrected chi connectivity index (χ2v) is 6.19. The van der Waals surface area contributed by atoms with Gasteiger partial charge in [0.1, 0.15) is 18.7 Å². The molecule has 1 aromatic carbocycles. The van der Waals surface area contributed by atoms with Gasteiger partial charge < -0.3 is 15.4 Å². The topological polar surface area (TPSA) is 94.0 Å². The zero-order chi connectivity index (χ0) is 17.6. The van der Waals surface area contributed by atoms with Gasteiger partial charge in [0.05, 0.1) is 24.0 Å². The quantitative estimate of drug-likeness (QED) is 0.585. The molecule has 25 heavy (non-hydrogen) atoms. The Morgan fingerprint density at radius 1 is 1.36 bits per heavy atom. The molecule has 1 amide bonds. The fourth-order valence-corrected chi connectivity index (χ4v) is 2.64. The standard InChI is InChI=1S/C16H17BrN6O2/c1-25-5-4-18-15(24)9-23-8-12(7-21-23)22-16-13-6-11(17)2-3-14(13)19-10-20-16/h2-3,6-8,10H,4-5,9H2,1H3,(H,18,24)(H,19,20,22). The Morgan fingerprint density at radius 2 is 2.24 bits per heavy atom. The van der Waals surface area contributed by atoms with Crippen molar-refractivity contribution in [2.75, 3.05) is 25.6 Å². The number of anilines is 2. The van der Waals surface area contributed by atoms with Crippen LogP contribution < -0.4 is 10.6 Å². The van der Waals surface area contributed by atoms with E-state index in [0.717, 1.165) is 21.1 Å². The minimum Gasteiger partial charge on any atom is -0.383 e. The van der Waals surface area contributed by atoms with Crippen molar-refractivity contribution in [1.29, 1.82) is 0 Å². The van der Waals surface area contributed by atoms with Gasteiger partial charge in [-0.1, -0.05) is 15.9 Å². The van der Waals surface area contributed by atoms with Crippen LogP contribution in [0.25, 0.3) is 10.9 Å². The largest absolute Gasteiger partial charge is 0.383 e. The molecule has 130 valence electrons. The lowest BCUT2D eigenvalue weighted by Crippen LogP contribution is -2.30. The number of amides is 1. The maximum Gasteiger partial charge on any atom is 0.241 e. The third kappa shape index (κ3) is 4.52. The summed E-state index contributed by atoms with van der Waals surface area (Å²) in [5, 5.41) is 11.0. The van der Waals surface area contributed by atoms with Crippen LogP contribution >= 0.6 is 15.9 Å². The van der Waals surface area contributed by atoms with Crippen molar-refractivity contribution in [2.24, 2.45) is 0 Å². The van der Waals surface area contributed by atoms with Crippen molar-refractivity contribution in [3.8, 4) is 0 Å². The van der Waals surface area contributed by atoms with Crippen LogP contribution in [0, 0.1) is 0 Å². The van der Waals surface area contributed by atoms with E-state index in [4.69, 9.17) is 4.74 Å².